The molecule has 9 heteroatoms. The van der Waals surface area contributed by atoms with Crippen LogP contribution in [0.2, 0.25) is 0 Å². The predicted molar refractivity (Wildman–Crippen MR) is 108 cm³/mol. The summed E-state index contributed by atoms with van der Waals surface area (Å²) in [6, 6.07) is 12.7. The van der Waals surface area contributed by atoms with E-state index >= 15 is 0 Å². The van der Waals surface area contributed by atoms with E-state index in [4.69, 9.17) is 19.8 Å². The van der Waals surface area contributed by atoms with Gasteiger partial charge in [-0.25, -0.2) is 9.59 Å². The van der Waals surface area contributed by atoms with Crippen LogP contribution in [0.4, 0.5) is 11.4 Å². The van der Waals surface area contributed by atoms with Crippen molar-refractivity contribution in [2.24, 2.45) is 0 Å². The van der Waals surface area contributed by atoms with Gasteiger partial charge in [-0.1, -0.05) is 18.2 Å². The van der Waals surface area contributed by atoms with Crippen molar-refractivity contribution in [1.82, 2.24) is 5.32 Å². The Bertz CT molecular complexity index is 861. The molecule has 0 spiro atoms. The second-order valence-electron chi connectivity index (χ2n) is 5.99. The topological polar surface area (TPSA) is 145 Å². The van der Waals surface area contributed by atoms with Gasteiger partial charge in [-0.2, -0.15) is 0 Å². The Hall–Kier alpha value is -3.72. The van der Waals surface area contributed by atoms with Crippen LogP contribution in [0.3, 0.4) is 0 Å². The van der Waals surface area contributed by atoms with Crippen LogP contribution in [0, 0.1) is 13.8 Å². The first kappa shape index (κ1) is 23.3. The van der Waals surface area contributed by atoms with Crippen LogP contribution in [-0.2, 0) is 14.4 Å². The molecule has 0 saturated heterocycles. The van der Waals surface area contributed by atoms with E-state index in [0.717, 1.165) is 16.8 Å². The van der Waals surface area contributed by atoms with Crippen LogP contribution in [0.5, 0.6) is 0 Å². The maximum atomic E-state index is 12.3. The minimum absolute atomic E-state index is 0.125. The van der Waals surface area contributed by atoms with E-state index in [1.807, 2.05) is 32.0 Å². The van der Waals surface area contributed by atoms with Crippen LogP contribution in [0.25, 0.3) is 0 Å². The molecule has 0 saturated carbocycles. The molecule has 0 aliphatic carbocycles. The number of para-hydroxylation sites is 1. The number of carbonyl (C=O) groups is 4. The van der Waals surface area contributed by atoms with Gasteiger partial charge in [-0.05, 0) is 56.3 Å². The number of likely N-dealkylation sites (N-methyl/N-ethyl adjacent to an activating group) is 1. The van der Waals surface area contributed by atoms with Gasteiger partial charge in [0.1, 0.15) is 0 Å². The van der Waals surface area contributed by atoms with Crippen molar-refractivity contribution in [3.05, 3.63) is 59.2 Å². The molecule has 0 fully saturated rings. The van der Waals surface area contributed by atoms with Crippen molar-refractivity contribution in [3.63, 3.8) is 0 Å². The summed E-state index contributed by atoms with van der Waals surface area (Å²) in [5, 5.41) is 23.2. The third-order valence-corrected chi connectivity index (χ3v) is 3.67. The lowest BCUT2D eigenvalue weighted by molar-refractivity contribution is -0.159. The number of hydrogen-bond acceptors (Lipinski definition) is 5. The van der Waals surface area contributed by atoms with Crippen molar-refractivity contribution in [2.75, 3.05) is 24.2 Å². The lowest BCUT2D eigenvalue weighted by Gasteiger charge is -2.12. The van der Waals surface area contributed by atoms with Crippen LogP contribution in [0.1, 0.15) is 21.5 Å². The number of carboxylic acid groups (broad SMARTS) is 2. The molecule has 0 radical (unpaired) electrons. The number of carbonyl (C=O) groups excluding carboxylic acids is 2. The highest BCUT2D eigenvalue weighted by atomic mass is 16.4. The Morgan fingerprint density at radius 2 is 1.34 bits per heavy atom. The van der Waals surface area contributed by atoms with E-state index in [1.54, 1.807) is 31.3 Å². The average molecular weight is 401 g/mol. The number of hydrogen-bond donors (Lipinski definition) is 5. The minimum atomic E-state index is -1.82. The highest BCUT2D eigenvalue weighted by Gasteiger charge is 2.10. The number of aliphatic carboxylic acids is 2. The van der Waals surface area contributed by atoms with Crippen molar-refractivity contribution in [2.45, 2.75) is 13.8 Å². The molecule has 29 heavy (non-hydrogen) atoms. The molecule has 0 aromatic heterocycles. The molecule has 0 atom stereocenters. The van der Waals surface area contributed by atoms with Crippen LogP contribution < -0.4 is 16.0 Å². The van der Waals surface area contributed by atoms with Crippen LogP contribution in [-0.4, -0.2) is 47.6 Å². The number of amides is 2. The normalized spacial score (nSPS) is 9.62. The Balaban J connectivity index is 0.000000612. The minimum Gasteiger partial charge on any atom is -0.473 e. The van der Waals surface area contributed by atoms with E-state index in [1.165, 1.54) is 0 Å². The van der Waals surface area contributed by atoms with Crippen LogP contribution in [0.15, 0.2) is 42.5 Å². The molecule has 0 aliphatic heterocycles. The molecule has 2 aromatic rings. The zero-order chi connectivity index (χ0) is 22.0. The van der Waals surface area contributed by atoms with E-state index < -0.39 is 11.9 Å². The molecule has 9 nitrogen and oxygen atoms in total. The molecule has 0 bridgehead atoms. The zero-order valence-corrected chi connectivity index (χ0v) is 16.3. The number of anilines is 2. The maximum absolute atomic E-state index is 12.3. The molecule has 5 N–H and O–H groups in total. The summed E-state index contributed by atoms with van der Waals surface area (Å²) >= 11 is 0. The fraction of sp³-hybridized carbons (Fsp3) is 0.200. The van der Waals surface area contributed by atoms with E-state index in [0.29, 0.717) is 11.3 Å². The molecule has 0 heterocycles. The highest BCUT2D eigenvalue weighted by Crippen LogP contribution is 2.20. The SMILES string of the molecule is CNCC(=O)Nc1ccc(C(=O)Nc2c(C)cccc2C)cc1.O=C(O)C(=O)O. The van der Waals surface area contributed by atoms with Gasteiger partial charge in [0.25, 0.3) is 5.91 Å². The quantitative estimate of drug-likeness (QED) is 0.481. The van der Waals surface area contributed by atoms with Gasteiger partial charge < -0.3 is 26.2 Å². The fourth-order valence-corrected chi connectivity index (χ4v) is 2.27. The maximum Gasteiger partial charge on any atom is 0.414 e. The Morgan fingerprint density at radius 1 is 0.828 bits per heavy atom. The summed E-state index contributed by atoms with van der Waals surface area (Å²) in [5.74, 6) is -3.94. The Morgan fingerprint density at radius 3 is 1.79 bits per heavy atom. The van der Waals surface area contributed by atoms with Gasteiger partial charge in [0, 0.05) is 16.9 Å². The lowest BCUT2D eigenvalue weighted by Crippen LogP contribution is -2.25. The predicted octanol–water partition coefficient (Wildman–Crippen LogP) is 1.87. The van der Waals surface area contributed by atoms with Crippen molar-refractivity contribution < 1.29 is 29.4 Å². The largest absolute Gasteiger partial charge is 0.473 e. The number of nitrogens with one attached hydrogen (secondary N) is 3. The average Bonchev–Trinajstić information content (AvgIpc) is 2.66. The first-order chi connectivity index (χ1) is 13.6. The third kappa shape index (κ3) is 7.81. The molecule has 0 aliphatic rings. The number of aryl methyl sites for hydroxylation is 2. The van der Waals surface area contributed by atoms with Gasteiger partial charge in [0.05, 0.1) is 6.54 Å². The standard InChI is InChI=1S/C18H21N3O2.C2H2O4/c1-12-5-4-6-13(2)17(12)21-18(23)14-7-9-15(10-8-14)20-16(22)11-19-3;3-1(4)2(5)6/h4-10,19H,11H2,1-3H3,(H,20,22)(H,21,23);(H,3,4)(H,5,6). The Kier molecular flexibility index (Phi) is 9.00. The number of benzene rings is 2. The van der Waals surface area contributed by atoms with Crippen LogP contribution >= 0.6 is 0 Å². The first-order valence-corrected chi connectivity index (χ1v) is 8.54. The van der Waals surface area contributed by atoms with Gasteiger partial charge in [-0.15, -0.1) is 0 Å². The smallest absolute Gasteiger partial charge is 0.414 e. The highest BCUT2D eigenvalue weighted by molar-refractivity contribution is 6.27. The Labute approximate surface area is 167 Å². The summed E-state index contributed by atoms with van der Waals surface area (Å²) < 4.78 is 0. The number of carboxylic acids is 2. The lowest BCUT2D eigenvalue weighted by atomic mass is 10.1. The molecule has 2 rings (SSSR count). The van der Waals surface area contributed by atoms with Gasteiger partial charge in [0.15, 0.2) is 0 Å². The summed E-state index contributed by atoms with van der Waals surface area (Å²) in [6.45, 7) is 4.17. The summed E-state index contributed by atoms with van der Waals surface area (Å²) in [4.78, 5) is 42.0. The number of rotatable bonds is 5. The van der Waals surface area contributed by atoms with E-state index in [2.05, 4.69) is 16.0 Å². The fourth-order valence-electron chi connectivity index (χ4n) is 2.27. The van der Waals surface area contributed by atoms with Gasteiger partial charge in [0.2, 0.25) is 5.91 Å². The molecular weight excluding hydrogens is 378 g/mol. The molecule has 154 valence electrons. The van der Waals surface area contributed by atoms with Gasteiger partial charge in [-0.3, -0.25) is 9.59 Å². The van der Waals surface area contributed by atoms with Crippen molar-refractivity contribution in [3.8, 4) is 0 Å². The van der Waals surface area contributed by atoms with E-state index in [-0.39, 0.29) is 18.4 Å². The summed E-state index contributed by atoms with van der Waals surface area (Å²) in [6.07, 6.45) is 0. The summed E-state index contributed by atoms with van der Waals surface area (Å²) in [5.41, 5.74) is 4.08. The zero-order valence-electron chi connectivity index (χ0n) is 16.3. The van der Waals surface area contributed by atoms with Crippen molar-refractivity contribution in [1.29, 1.82) is 0 Å². The van der Waals surface area contributed by atoms with Crippen molar-refractivity contribution >= 4 is 35.1 Å². The van der Waals surface area contributed by atoms with E-state index in [9.17, 15) is 9.59 Å². The first-order valence-electron chi connectivity index (χ1n) is 8.54. The molecule has 0 unspecified atom stereocenters. The molecule has 2 amide bonds. The second kappa shape index (κ2) is 11.2. The second-order valence-corrected chi connectivity index (χ2v) is 5.99. The van der Waals surface area contributed by atoms with Gasteiger partial charge >= 0.3 is 11.9 Å². The summed E-state index contributed by atoms with van der Waals surface area (Å²) in [7, 11) is 1.71. The third-order valence-electron chi connectivity index (χ3n) is 3.67. The monoisotopic (exact) mass is 401 g/mol. The molecule has 2 aromatic carbocycles. The molecular formula is C20H23N3O6.